The molecule has 15 heteroatoms. The van der Waals surface area contributed by atoms with Gasteiger partial charge in [-0.3, -0.25) is 4.79 Å². The molecule has 2 aromatic heterocycles. The summed E-state index contributed by atoms with van der Waals surface area (Å²) in [4.78, 5) is 42.5. The predicted molar refractivity (Wildman–Crippen MR) is 113 cm³/mol. The largest absolute Gasteiger partial charge is 0.416 e. The fourth-order valence-electron chi connectivity index (χ4n) is 4.57. The third-order valence-corrected chi connectivity index (χ3v) is 6.65. The van der Waals surface area contributed by atoms with Crippen molar-refractivity contribution >= 4 is 23.2 Å². The van der Waals surface area contributed by atoms with Gasteiger partial charge in [0.1, 0.15) is 0 Å². The van der Waals surface area contributed by atoms with Crippen LogP contribution in [0.3, 0.4) is 0 Å². The van der Waals surface area contributed by atoms with E-state index in [0.717, 1.165) is 14.5 Å². The first-order valence-corrected chi connectivity index (χ1v) is 11.3. The number of nitrogens with zero attached hydrogens (tertiary/aromatic N) is 4. The summed E-state index contributed by atoms with van der Waals surface area (Å²) < 4.78 is 83.8. The smallest absolute Gasteiger partial charge is 0.389 e. The van der Waals surface area contributed by atoms with Gasteiger partial charge in [-0.15, -0.1) is 5.10 Å². The van der Waals surface area contributed by atoms with Gasteiger partial charge in [0.25, 0.3) is 5.88 Å². The minimum absolute atomic E-state index is 0.110. The van der Waals surface area contributed by atoms with Gasteiger partial charge in [-0.25, -0.2) is 9.59 Å². The van der Waals surface area contributed by atoms with Crippen LogP contribution in [-0.2, 0) is 0 Å². The maximum atomic E-state index is 13.1. The van der Waals surface area contributed by atoms with Crippen LogP contribution in [0.25, 0.3) is 11.0 Å². The first-order valence-electron chi connectivity index (χ1n) is 11.3. The second-order valence-electron chi connectivity index (χ2n) is 9.01. The number of hydrogen-bond donors (Lipinski definition) is 1. The Morgan fingerprint density at radius 3 is 1.94 bits per heavy atom. The number of piperidine rings is 2. The second-order valence-corrected chi connectivity index (χ2v) is 9.01. The van der Waals surface area contributed by atoms with Crippen LogP contribution in [0.1, 0.15) is 31.2 Å². The van der Waals surface area contributed by atoms with E-state index in [2.05, 4.69) is 10.1 Å². The maximum Gasteiger partial charge on any atom is 0.416 e. The lowest BCUT2D eigenvalue weighted by atomic mass is 9.96. The molecule has 2 amide bonds. The van der Waals surface area contributed by atoms with Gasteiger partial charge in [0.2, 0.25) is 5.56 Å². The predicted octanol–water partition coefficient (Wildman–Crippen LogP) is 4.05. The minimum atomic E-state index is -4.37. The van der Waals surface area contributed by atoms with Crippen molar-refractivity contribution in [2.75, 3.05) is 26.2 Å². The van der Waals surface area contributed by atoms with E-state index in [-0.39, 0.29) is 68.8 Å². The minimum Gasteiger partial charge on any atom is -0.389 e. The average molecular weight is 523 g/mol. The van der Waals surface area contributed by atoms with Crippen molar-refractivity contribution in [2.24, 2.45) is 11.8 Å². The molecule has 0 aliphatic carbocycles. The van der Waals surface area contributed by atoms with Crippen molar-refractivity contribution in [2.45, 2.75) is 45.0 Å². The van der Waals surface area contributed by atoms with Crippen LogP contribution >= 0.6 is 0 Å². The molecular weight excluding hydrogens is 500 g/mol. The van der Waals surface area contributed by atoms with E-state index in [1.54, 1.807) is 0 Å². The molecular formula is C21H23F6N5O4. The first-order chi connectivity index (χ1) is 16.8. The van der Waals surface area contributed by atoms with E-state index >= 15 is 0 Å². The summed E-state index contributed by atoms with van der Waals surface area (Å²) >= 11 is 0. The van der Waals surface area contributed by atoms with Gasteiger partial charge in [-0.1, -0.05) is 0 Å². The highest BCUT2D eigenvalue weighted by molar-refractivity contribution is 5.93. The first kappa shape index (κ1) is 25.8. The summed E-state index contributed by atoms with van der Waals surface area (Å²) in [5, 5.41) is 4.12. The number of H-pyrrole nitrogens is 1. The highest BCUT2D eigenvalue weighted by Crippen LogP contribution is 2.36. The summed E-state index contributed by atoms with van der Waals surface area (Å²) in [7, 11) is 0. The maximum absolute atomic E-state index is 13.1. The van der Waals surface area contributed by atoms with Gasteiger partial charge in [-0.2, -0.15) is 31.0 Å². The molecule has 9 nitrogen and oxygen atoms in total. The number of carbonyl (C=O) groups excluding carboxylic acids is 2. The summed E-state index contributed by atoms with van der Waals surface area (Å²) in [6, 6.07) is 0.370. The Balaban J connectivity index is 1.56. The van der Waals surface area contributed by atoms with Crippen LogP contribution in [0.15, 0.2) is 10.9 Å². The Morgan fingerprint density at radius 1 is 0.944 bits per heavy atom. The SMILES string of the molecule is Cc1cc(=O)[nH]c2c1c(OC(=O)N1CCC(C(F)(F)F)CC1)nn2C(=O)N1CCC(C(F)(F)F)CC1. The summed E-state index contributed by atoms with van der Waals surface area (Å²) in [6.07, 6.45) is -10.8. The molecule has 0 radical (unpaired) electrons. The number of aromatic nitrogens is 3. The number of nitrogens with one attached hydrogen (secondary N) is 1. The van der Waals surface area contributed by atoms with Gasteiger partial charge in [0.15, 0.2) is 5.65 Å². The molecule has 4 rings (SSSR count). The van der Waals surface area contributed by atoms with Gasteiger partial charge in [-0.05, 0) is 38.2 Å². The number of rotatable bonds is 1. The number of fused-ring (bicyclic) bond motifs is 1. The zero-order chi connectivity index (χ0) is 26.4. The third-order valence-electron chi connectivity index (χ3n) is 6.65. The number of carbonyl (C=O) groups is 2. The van der Waals surface area contributed by atoms with Crippen LogP contribution in [0.2, 0.25) is 0 Å². The number of amides is 2. The van der Waals surface area contributed by atoms with Gasteiger partial charge >= 0.3 is 24.5 Å². The third kappa shape index (κ3) is 5.14. The number of aromatic amines is 1. The van der Waals surface area contributed by atoms with Crippen molar-refractivity contribution in [3.63, 3.8) is 0 Å². The number of likely N-dealkylation sites (tertiary alicyclic amines) is 2. The van der Waals surface area contributed by atoms with Crippen molar-refractivity contribution in [3.05, 3.63) is 22.0 Å². The fraction of sp³-hybridized carbons (Fsp3) is 0.619. The highest BCUT2D eigenvalue weighted by atomic mass is 19.4. The molecule has 0 spiro atoms. The van der Waals surface area contributed by atoms with Crippen LogP contribution in [0.5, 0.6) is 5.88 Å². The molecule has 2 fully saturated rings. The number of alkyl halides is 6. The Kier molecular flexibility index (Phi) is 6.68. The molecule has 0 saturated carbocycles. The molecule has 36 heavy (non-hydrogen) atoms. The molecule has 2 aliphatic heterocycles. The molecule has 0 atom stereocenters. The molecule has 0 aromatic carbocycles. The lowest BCUT2D eigenvalue weighted by Crippen LogP contribution is -2.44. The topological polar surface area (TPSA) is 101 Å². The zero-order valence-corrected chi connectivity index (χ0v) is 19.1. The van der Waals surface area contributed by atoms with Gasteiger partial charge in [0.05, 0.1) is 17.2 Å². The van der Waals surface area contributed by atoms with Gasteiger partial charge < -0.3 is 19.5 Å². The molecule has 2 aromatic rings. The van der Waals surface area contributed by atoms with Crippen molar-refractivity contribution in [3.8, 4) is 5.88 Å². The normalized spacial score (nSPS) is 18.6. The second kappa shape index (κ2) is 9.32. The lowest BCUT2D eigenvalue weighted by molar-refractivity contribution is -0.184. The summed E-state index contributed by atoms with van der Waals surface area (Å²) in [5.74, 6) is -3.40. The van der Waals surface area contributed by atoms with Crippen molar-refractivity contribution in [1.29, 1.82) is 0 Å². The number of aryl methyl sites for hydroxylation is 1. The molecule has 1 N–H and O–H groups in total. The highest BCUT2D eigenvalue weighted by Gasteiger charge is 2.43. The van der Waals surface area contributed by atoms with E-state index in [0.29, 0.717) is 5.56 Å². The average Bonchev–Trinajstić information content (AvgIpc) is 3.15. The fourth-order valence-corrected chi connectivity index (χ4v) is 4.57. The van der Waals surface area contributed by atoms with E-state index in [4.69, 9.17) is 4.74 Å². The molecule has 2 aliphatic rings. The number of halogens is 6. The monoisotopic (exact) mass is 523 g/mol. The van der Waals surface area contributed by atoms with E-state index in [1.165, 1.54) is 13.0 Å². The molecule has 2 saturated heterocycles. The number of hydrogen-bond acceptors (Lipinski definition) is 5. The van der Waals surface area contributed by atoms with Crippen LogP contribution in [0.4, 0.5) is 35.9 Å². The molecule has 0 bridgehead atoms. The van der Waals surface area contributed by atoms with Crippen LogP contribution in [-0.4, -0.2) is 75.2 Å². The molecule has 198 valence electrons. The Labute approximate surface area is 200 Å². The van der Waals surface area contributed by atoms with Crippen molar-refractivity contribution < 1.29 is 40.7 Å². The molecule has 4 heterocycles. The van der Waals surface area contributed by atoms with Gasteiger partial charge in [0, 0.05) is 32.2 Å². The van der Waals surface area contributed by atoms with Crippen LogP contribution < -0.4 is 10.3 Å². The Hall–Kier alpha value is -3.26. The van der Waals surface area contributed by atoms with E-state index < -0.39 is 41.9 Å². The van der Waals surface area contributed by atoms with E-state index in [9.17, 15) is 40.7 Å². The molecule has 0 unspecified atom stereocenters. The number of pyridine rings is 1. The lowest BCUT2D eigenvalue weighted by Gasteiger charge is -2.32. The quantitative estimate of drug-likeness (QED) is 0.569. The number of ether oxygens (including phenoxy) is 1. The Morgan fingerprint density at radius 2 is 1.44 bits per heavy atom. The Bertz CT molecular complexity index is 1200. The zero-order valence-electron chi connectivity index (χ0n) is 19.1. The summed E-state index contributed by atoms with van der Waals surface area (Å²) in [6.45, 7) is 0.748. The van der Waals surface area contributed by atoms with E-state index in [1.807, 2.05) is 0 Å². The van der Waals surface area contributed by atoms with Crippen molar-refractivity contribution in [1.82, 2.24) is 24.6 Å². The van der Waals surface area contributed by atoms with Crippen LogP contribution in [0, 0.1) is 18.8 Å². The standard InChI is InChI=1S/C21H23F6N5O4/c1-11-10-14(33)28-16-15(11)17(36-19(35)31-8-4-13(5-9-31)21(25,26)27)29-32(16)18(34)30-6-2-12(3-7-30)20(22,23)24/h10,12-13H,2-9H2,1H3,(H,28,33). The summed E-state index contributed by atoms with van der Waals surface area (Å²) in [5.41, 5.74) is -0.388.